The Hall–Kier alpha value is -3.31. The van der Waals surface area contributed by atoms with Crippen LogP contribution in [0.3, 0.4) is 0 Å². The van der Waals surface area contributed by atoms with Crippen molar-refractivity contribution in [1.29, 1.82) is 0 Å². The number of likely N-dealkylation sites (N-methyl/N-ethyl adjacent to an activating group) is 1. The Morgan fingerprint density at radius 1 is 1.19 bits per heavy atom. The number of hydrogen-bond donors (Lipinski definition) is 2. The third-order valence-corrected chi connectivity index (χ3v) is 8.02. The van der Waals surface area contributed by atoms with Gasteiger partial charge in [-0.1, -0.05) is 11.6 Å². The maximum Gasteiger partial charge on any atom is 0.272 e. The number of halogens is 2. The number of aromatic amines is 1. The molecule has 0 unspecified atom stereocenters. The minimum absolute atomic E-state index is 0.0797. The van der Waals surface area contributed by atoms with Gasteiger partial charge in [0.1, 0.15) is 11.5 Å². The lowest BCUT2D eigenvalue weighted by atomic mass is 9.69. The van der Waals surface area contributed by atoms with Gasteiger partial charge in [-0.3, -0.25) is 14.4 Å². The average Bonchev–Trinajstić information content (AvgIpc) is 3.46. The lowest BCUT2D eigenvalue weighted by molar-refractivity contribution is -0.125. The zero-order valence-corrected chi connectivity index (χ0v) is 21.5. The molecule has 1 aromatic carbocycles. The van der Waals surface area contributed by atoms with Gasteiger partial charge in [-0.2, -0.15) is 10.1 Å². The van der Waals surface area contributed by atoms with E-state index in [1.165, 1.54) is 23.5 Å². The zero-order chi connectivity index (χ0) is 26.3. The Kier molecular flexibility index (Phi) is 6.76. The SMILES string of the molecule is CC1=NN(c2ccc(F)cc2Cl)C(=O)C12CCC(NC(=O)c1nc[nH]c1C(=O)N1CCN(C)CC1)CC2. The number of hydrogen-bond acceptors (Lipinski definition) is 6. The number of anilines is 1. The molecule has 12 heteroatoms. The lowest BCUT2D eigenvalue weighted by Gasteiger charge is -2.36. The van der Waals surface area contributed by atoms with E-state index in [0.29, 0.717) is 50.2 Å². The number of piperazine rings is 1. The van der Waals surface area contributed by atoms with Crippen molar-refractivity contribution in [2.75, 3.05) is 38.2 Å². The van der Waals surface area contributed by atoms with E-state index in [4.69, 9.17) is 11.6 Å². The standard InChI is InChI=1S/C25H29ClFN7O3/c1-15-25(24(37)34(31-15)19-4-3-16(27)13-18(19)26)7-5-17(6-8-25)30-22(35)20-21(29-14-28-20)23(36)33-11-9-32(2)10-12-33/h3-4,13-14,17H,5-12H2,1-2H3,(H,28,29)(H,30,35). The third-order valence-electron chi connectivity index (χ3n) is 7.72. The van der Waals surface area contributed by atoms with Gasteiger partial charge in [-0.05, 0) is 57.9 Å². The first-order valence-corrected chi connectivity index (χ1v) is 12.7. The summed E-state index contributed by atoms with van der Waals surface area (Å²) in [6, 6.07) is 3.67. The number of H-pyrrole nitrogens is 1. The molecule has 1 saturated carbocycles. The summed E-state index contributed by atoms with van der Waals surface area (Å²) in [5.74, 6) is -1.34. The van der Waals surface area contributed by atoms with Crippen molar-refractivity contribution in [2.45, 2.75) is 38.6 Å². The van der Waals surface area contributed by atoms with Gasteiger partial charge in [0, 0.05) is 32.2 Å². The summed E-state index contributed by atoms with van der Waals surface area (Å²) < 4.78 is 13.5. The van der Waals surface area contributed by atoms with Crippen LogP contribution in [0.5, 0.6) is 0 Å². The quantitative estimate of drug-likeness (QED) is 0.632. The molecule has 0 radical (unpaired) electrons. The van der Waals surface area contributed by atoms with Gasteiger partial charge >= 0.3 is 0 Å². The first kappa shape index (κ1) is 25.3. The molecule has 2 aliphatic heterocycles. The van der Waals surface area contributed by atoms with Crippen LogP contribution < -0.4 is 10.3 Å². The first-order chi connectivity index (χ1) is 17.7. The molecule has 196 valence electrons. The number of aromatic nitrogens is 2. The van der Waals surface area contributed by atoms with Crippen LogP contribution in [0.4, 0.5) is 10.1 Å². The molecule has 37 heavy (non-hydrogen) atoms. The molecule has 1 saturated heterocycles. The van der Waals surface area contributed by atoms with Gasteiger partial charge in [0.15, 0.2) is 5.69 Å². The molecule has 2 aromatic rings. The van der Waals surface area contributed by atoms with Crippen molar-refractivity contribution < 1.29 is 18.8 Å². The van der Waals surface area contributed by atoms with Crippen molar-refractivity contribution >= 4 is 40.7 Å². The number of nitrogens with zero attached hydrogens (tertiary/aromatic N) is 5. The fourth-order valence-corrected chi connectivity index (χ4v) is 5.59. The smallest absolute Gasteiger partial charge is 0.272 e. The highest BCUT2D eigenvalue weighted by Crippen LogP contribution is 2.45. The van der Waals surface area contributed by atoms with Crippen LogP contribution in [0.1, 0.15) is 53.6 Å². The van der Waals surface area contributed by atoms with Crippen LogP contribution in [-0.4, -0.2) is 82.5 Å². The second-order valence-corrected chi connectivity index (χ2v) is 10.4. The van der Waals surface area contributed by atoms with Gasteiger partial charge in [0.2, 0.25) is 0 Å². The summed E-state index contributed by atoms with van der Waals surface area (Å²) in [5.41, 5.74) is 0.505. The van der Waals surface area contributed by atoms with E-state index in [0.717, 1.165) is 19.2 Å². The summed E-state index contributed by atoms with van der Waals surface area (Å²) in [4.78, 5) is 50.3. The summed E-state index contributed by atoms with van der Waals surface area (Å²) in [6.45, 7) is 4.55. The number of carbonyl (C=O) groups excluding carboxylic acids is 3. The molecule has 10 nitrogen and oxygen atoms in total. The van der Waals surface area contributed by atoms with Crippen LogP contribution in [0.15, 0.2) is 29.6 Å². The Labute approximate surface area is 218 Å². The third kappa shape index (κ3) is 4.61. The van der Waals surface area contributed by atoms with Crippen molar-refractivity contribution in [3.63, 3.8) is 0 Å². The van der Waals surface area contributed by atoms with Crippen LogP contribution in [0.25, 0.3) is 0 Å². The molecule has 1 aliphatic carbocycles. The number of amides is 3. The number of rotatable bonds is 4. The van der Waals surface area contributed by atoms with Gasteiger partial charge in [0.25, 0.3) is 17.7 Å². The van der Waals surface area contributed by atoms with Crippen molar-refractivity contribution in [1.82, 2.24) is 25.1 Å². The molecular weight excluding hydrogens is 501 g/mol. The largest absolute Gasteiger partial charge is 0.348 e. The van der Waals surface area contributed by atoms with E-state index in [-0.39, 0.29) is 34.3 Å². The van der Waals surface area contributed by atoms with E-state index < -0.39 is 17.1 Å². The topological polar surface area (TPSA) is 114 Å². The second kappa shape index (κ2) is 9.86. The molecule has 2 N–H and O–H groups in total. The Bertz CT molecular complexity index is 1260. The van der Waals surface area contributed by atoms with Crippen LogP contribution in [-0.2, 0) is 4.79 Å². The van der Waals surface area contributed by atoms with E-state index in [2.05, 4.69) is 25.3 Å². The van der Waals surface area contributed by atoms with Crippen molar-refractivity contribution in [3.8, 4) is 0 Å². The number of benzene rings is 1. The number of imidazole rings is 1. The monoisotopic (exact) mass is 529 g/mol. The molecule has 0 bridgehead atoms. The number of hydrazone groups is 1. The predicted molar refractivity (Wildman–Crippen MR) is 136 cm³/mol. The maximum atomic E-state index is 13.5. The zero-order valence-electron chi connectivity index (χ0n) is 20.8. The lowest BCUT2D eigenvalue weighted by Crippen LogP contribution is -2.48. The van der Waals surface area contributed by atoms with Gasteiger partial charge in [-0.15, -0.1) is 0 Å². The van der Waals surface area contributed by atoms with Gasteiger partial charge in [-0.25, -0.2) is 9.37 Å². The summed E-state index contributed by atoms with van der Waals surface area (Å²) in [6.07, 6.45) is 3.47. The van der Waals surface area contributed by atoms with Crippen LogP contribution in [0.2, 0.25) is 5.02 Å². The summed E-state index contributed by atoms with van der Waals surface area (Å²) in [5, 5.41) is 8.83. The Morgan fingerprint density at radius 3 is 2.57 bits per heavy atom. The highest BCUT2D eigenvalue weighted by molar-refractivity contribution is 6.34. The highest BCUT2D eigenvalue weighted by Gasteiger charge is 2.51. The summed E-state index contributed by atoms with van der Waals surface area (Å²) >= 11 is 6.18. The minimum atomic E-state index is -0.784. The molecule has 3 amide bonds. The van der Waals surface area contributed by atoms with E-state index in [1.54, 1.807) is 4.90 Å². The van der Waals surface area contributed by atoms with E-state index in [9.17, 15) is 18.8 Å². The molecule has 2 fully saturated rings. The first-order valence-electron chi connectivity index (χ1n) is 12.4. The van der Waals surface area contributed by atoms with E-state index in [1.807, 2.05) is 14.0 Å². The molecule has 1 aromatic heterocycles. The molecule has 5 rings (SSSR count). The molecular formula is C25H29ClFN7O3. The summed E-state index contributed by atoms with van der Waals surface area (Å²) in [7, 11) is 2.01. The Balaban J connectivity index is 1.23. The van der Waals surface area contributed by atoms with E-state index >= 15 is 0 Å². The van der Waals surface area contributed by atoms with Crippen LogP contribution >= 0.6 is 11.6 Å². The average molecular weight is 530 g/mol. The Morgan fingerprint density at radius 2 is 1.89 bits per heavy atom. The molecule has 3 aliphatic rings. The van der Waals surface area contributed by atoms with Crippen molar-refractivity contribution in [2.24, 2.45) is 10.5 Å². The van der Waals surface area contributed by atoms with Gasteiger partial charge in [0.05, 0.1) is 28.2 Å². The van der Waals surface area contributed by atoms with Crippen molar-refractivity contribution in [3.05, 3.63) is 46.8 Å². The number of nitrogens with one attached hydrogen (secondary N) is 2. The molecule has 0 atom stereocenters. The fourth-order valence-electron chi connectivity index (χ4n) is 5.35. The highest BCUT2D eigenvalue weighted by atomic mass is 35.5. The fraction of sp³-hybridized carbons (Fsp3) is 0.480. The van der Waals surface area contributed by atoms with Crippen LogP contribution in [0, 0.1) is 11.2 Å². The second-order valence-electron chi connectivity index (χ2n) is 9.95. The van der Waals surface area contributed by atoms with Gasteiger partial charge < -0.3 is 20.1 Å². The normalized spacial score (nSPS) is 24.5. The maximum absolute atomic E-state index is 13.5. The predicted octanol–water partition coefficient (Wildman–Crippen LogP) is 2.67. The number of carbonyl (C=O) groups is 3. The minimum Gasteiger partial charge on any atom is -0.348 e. The molecule has 1 spiro atoms. The molecule has 3 heterocycles.